The van der Waals surface area contributed by atoms with Crippen LogP contribution in [0.1, 0.15) is 25.0 Å². The van der Waals surface area contributed by atoms with Gasteiger partial charge in [-0.2, -0.15) is 0 Å². The molecule has 1 fully saturated rings. The zero-order valence-corrected chi connectivity index (χ0v) is 21.0. The lowest BCUT2D eigenvalue weighted by Crippen LogP contribution is -2.41. The maximum atomic E-state index is 6.00. The van der Waals surface area contributed by atoms with Crippen molar-refractivity contribution in [2.24, 2.45) is 10.9 Å². The van der Waals surface area contributed by atoms with Crippen molar-refractivity contribution in [2.75, 3.05) is 47.0 Å². The average Bonchev–Trinajstić information content (AvgIpc) is 3.26. The molecule has 1 saturated heterocycles. The molecule has 170 valence electrons. The largest absolute Gasteiger partial charge is 0.497 e. The van der Waals surface area contributed by atoms with Gasteiger partial charge in [0.05, 0.1) is 19.8 Å². The lowest BCUT2D eigenvalue weighted by Gasteiger charge is -2.23. The van der Waals surface area contributed by atoms with E-state index in [9.17, 15) is 0 Å². The molecule has 0 amide bonds. The van der Waals surface area contributed by atoms with Crippen molar-refractivity contribution < 1.29 is 14.2 Å². The minimum atomic E-state index is 0. The summed E-state index contributed by atoms with van der Waals surface area (Å²) >= 11 is 0. The summed E-state index contributed by atoms with van der Waals surface area (Å²) in [4.78, 5) is 7.01. The number of methoxy groups -OCH3 is 1. The highest BCUT2D eigenvalue weighted by Gasteiger charge is 2.29. The summed E-state index contributed by atoms with van der Waals surface area (Å²) in [5.41, 5.74) is 1.24. The first-order valence-electron chi connectivity index (χ1n) is 10.6. The van der Waals surface area contributed by atoms with Crippen molar-refractivity contribution in [1.29, 1.82) is 0 Å². The number of guanidine groups is 1. The monoisotopic (exact) mass is 539 g/mol. The van der Waals surface area contributed by atoms with Gasteiger partial charge in [0, 0.05) is 32.7 Å². The van der Waals surface area contributed by atoms with Gasteiger partial charge in [-0.3, -0.25) is 4.99 Å². The highest BCUT2D eigenvalue weighted by atomic mass is 127. The zero-order chi connectivity index (χ0) is 21.2. The van der Waals surface area contributed by atoms with Crippen molar-refractivity contribution in [3.8, 4) is 11.5 Å². The number of hydrogen-bond donors (Lipinski definition) is 1. The summed E-state index contributed by atoms with van der Waals surface area (Å²) in [5.74, 6) is 2.95. The third-order valence-electron chi connectivity index (χ3n) is 5.27. The van der Waals surface area contributed by atoms with Gasteiger partial charge in [-0.1, -0.05) is 30.3 Å². The Morgan fingerprint density at radius 2 is 1.84 bits per heavy atom. The van der Waals surface area contributed by atoms with Crippen molar-refractivity contribution in [3.05, 3.63) is 60.2 Å². The maximum absolute atomic E-state index is 6.00. The smallest absolute Gasteiger partial charge is 0.193 e. The normalized spacial score (nSPS) is 18.2. The Balaban J connectivity index is 0.00000341. The van der Waals surface area contributed by atoms with E-state index in [-0.39, 0.29) is 30.1 Å². The Kier molecular flexibility index (Phi) is 10.9. The van der Waals surface area contributed by atoms with E-state index in [4.69, 9.17) is 19.2 Å². The van der Waals surface area contributed by atoms with Crippen LogP contribution < -0.4 is 14.8 Å². The van der Waals surface area contributed by atoms with Crippen molar-refractivity contribution in [1.82, 2.24) is 10.2 Å². The van der Waals surface area contributed by atoms with Gasteiger partial charge < -0.3 is 24.4 Å². The second-order valence-electron chi connectivity index (χ2n) is 7.39. The van der Waals surface area contributed by atoms with Crippen molar-refractivity contribution in [2.45, 2.75) is 19.4 Å². The van der Waals surface area contributed by atoms with Gasteiger partial charge in [0.15, 0.2) is 5.96 Å². The van der Waals surface area contributed by atoms with E-state index in [0.717, 1.165) is 50.1 Å². The van der Waals surface area contributed by atoms with Gasteiger partial charge in [0.25, 0.3) is 0 Å². The predicted octanol–water partition coefficient (Wildman–Crippen LogP) is 4.37. The quantitative estimate of drug-likeness (QED) is 0.292. The highest BCUT2D eigenvalue weighted by molar-refractivity contribution is 14.0. The fourth-order valence-electron chi connectivity index (χ4n) is 3.58. The minimum absolute atomic E-state index is 0. The molecule has 2 unspecified atom stereocenters. The number of rotatable bonds is 9. The molecule has 2 atom stereocenters. The van der Waals surface area contributed by atoms with Crippen molar-refractivity contribution in [3.63, 3.8) is 0 Å². The number of aliphatic imine (C=N–C) groups is 1. The first-order valence-corrected chi connectivity index (χ1v) is 10.6. The van der Waals surface area contributed by atoms with E-state index in [0.29, 0.717) is 12.5 Å². The SMILES string of the molecule is CCNC(=NCC1CCOC1c1ccccc1)N(C)CCOc1ccc(OC)cc1.I. The molecule has 1 aliphatic rings. The molecule has 1 N–H and O–H groups in total. The maximum Gasteiger partial charge on any atom is 0.193 e. The van der Waals surface area contributed by atoms with Gasteiger partial charge in [-0.15, -0.1) is 24.0 Å². The van der Waals surface area contributed by atoms with Gasteiger partial charge in [-0.05, 0) is 43.2 Å². The summed E-state index contributed by atoms with van der Waals surface area (Å²) in [6.45, 7) is 5.76. The van der Waals surface area contributed by atoms with Gasteiger partial charge in [0.2, 0.25) is 0 Å². The molecule has 6 nitrogen and oxygen atoms in total. The summed E-state index contributed by atoms with van der Waals surface area (Å²) < 4.78 is 17.0. The van der Waals surface area contributed by atoms with E-state index >= 15 is 0 Å². The van der Waals surface area contributed by atoms with Crippen LogP contribution in [0.4, 0.5) is 0 Å². The molecule has 0 aromatic heterocycles. The number of likely N-dealkylation sites (N-methyl/N-ethyl adjacent to an activating group) is 1. The molecule has 31 heavy (non-hydrogen) atoms. The van der Waals surface area contributed by atoms with Crippen LogP contribution in [0, 0.1) is 5.92 Å². The second-order valence-corrected chi connectivity index (χ2v) is 7.39. The average molecular weight is 539 g/mol. The molecule has 0 aliphatic carbocycles. The molecule has 2 aromatic rings. The van der Waals surface area contributed by atoms with Crippen LogP contribution in [0.2, 0.25) is 0 Å². The lowest BCUT2D eigenvalue weighted by atomic mass is 9.95. The Labute approximate surface area is 203 Å². The third kappa shape index (κ3) is 7.57. The number of ether oxygens (including phenoxy) is 3. The van der Waals surface area contributed by atoms with E-state index in [1.54, 1.807) is 7.11 Å². The van der Waals surface area contributed by atoms with E-state index in [2.05, 4.69) is 41.4 Å². The highest BCUT2D eigenvalue weighted by Crippen LogP contribution is 2.34. The fourth-order valence-corrected chi connectivity index (χ4v) is 3.58. The fraction of sp³-hybridized carbons (Fsp3) is 0.458. The molecule has 0 radical (unpaired) electrons. The molecule has 7 heteroatoms. The van der Waals surface area contributed by atoms with Gasteiger partial charge >= 0.3 is 0 Å². The summed E-state index contributed by atoms with van der Waals surface area (Å²) in [6.07, 6.45) is 1.16. The number of hydrogen-bond acceptors (Lipinski definition) is 4. The minimum Gasteiger partial charge on any atom is -0.497 e. The number of halogens is 1. The molecule has 1 heterocycles. The Morgan fingerprint density at radius 1 is 1.13 bits per heavy atom. The molecular weight excluding hydrogens is 505 g/mol. The lowest BCUT2D eigenvalue weighted by molar-refractivity contribution is 0.0925. The Hall–Kier alpha value is -2.00. The molecule has 2 aromatic carbocycles. The van der Waals surface area contributed by atoms with Crippen LogP contribution in [0.3, 0.4) is 0 Å². The topological polar surface area (TPSA) is 55.3 Å². The molecular formula is C24H34IN3O3. The van der Waals surface area contributed by atoms with Crippen molar-refractivity contribution >= 4 is 29.9 Å². The van der Waals surface area contributed by atoms with Crippen LogP contribution in [0.5, 0.6) is 11.5 Å². The molecule has 3 rings (SSSR count). The molecule has 0 spiro atoms. The Bertz CT molecular complexity index is 786. The standard InChI is InChI=1S/C24H33N3O3.HI/c1-4-25-24(27(2)15-17-29-22-12-10-21(28-3)11-13-22)26-18-20-14-16-30-23(20)19-8-6-5-7-9-19;/h5-13,20,23H,4,14-18H2,1-3H3,(H,25,26);1H. The van der Waals surface area contributed by atoms with Crippen LogP contribution in [0.15, 0.2) is 59.6 Å². The molecule has 0 saturated carbocycles. The predicted molar refractivity (Wildman–Crippen MR) is 136 cm³/mol. The number of nitrogens with one attached hydrogen (secondary N) is 1. The summed E-state index contributed by atoms with van der Waals surface area (Å²) in [6, 6.07) is 18.1. The van der Waals surface area contributed by atoms with E-state index < -0.39 is 0 Å². The number of nitrogens with zero attached hydrogens (tertiary/aromatic N) is 2. The van der Waals surface area contributed by atoms with Gasteiger partial charge in [-0.25, -0.2) is 0 Å². The summed E-state index contributed by atoms with van der Waals surface area (Å²) in [7, 11) is 3.70. The second kappa shape index (κ2) is 13.4. The third-order valence-corrected chi connectivity index (χ3v) is 5.27. The van der Waals surface area contributed by atoms with E-state index in [1.807, 2.05) is 37.4 Å². The van der Waals surface area contributed by atoms with Crippen LogP contribution in [-0.2, 0) is 4.74 Å². The number of benzene rings is 2. The Morgan fingerprint density at radius 3 is 2.52 bits per heavy atom. The first kappa shape index (κ1) is 25.3. The molecule has 0 bridgehead atoms. The van der Waals surface area contributed by atoms with Crippen LogP contribution in [0.25, 0.3) is 0 Å². The van der Waals surface area contributed by atoms with Crippen LogP contribution in [-0.4, -0.2) is 57.9 Å². The zero-order valence-electron chi connectivity index (χ0n) is 18.6. The van der Waals surface area contributed by atoms with Crippen LogP contribution >= 0.6 is 24.0 Å². The van der Waals surface area contributed by atoms with E-state index in [1.165, 1.54) is 5.56 Å². The molecule has 1 aliphatic heterocycles. The van der Waals surface area contributed by atoms with Gasteiger partial charge in [0.1, 0.15) is 18.1 Å². The first-order chi connectivity index (χ1) is 14.7. The summed E-state index contributed by atoms with van der Waals surface area (Å²) in [5, 5.41) is 3.39.